The van der Waals surface area contributed by atoms with Crippen LogP contribution in [0.2, 0.25) is 0 Å². The van der Waals surface area contributed by atoms with Gasteiger partial charge in [-0.25, -0.2) is 12.8 Å². The number of rotatable bonds is 8. The molecular weight excluding hydrogens is 427 g/mol. The first-order valence-electron chi connectivity index (χ1n) is 10.3. The Bertz CT molecular complexity index is 1170. The molecule has 7 heteroatoms. The molecule has 2 N–H and O–H groups in total. The van der Waals surface area contributed by atoms with Gasteiger partial charge in [-0.2, -0.15) is 4.72 Å². The van der Waals surface area contributed by atoms with Crippen LogP contribution in [0.25, 0.3) is 0 Å². The highest BCUT2D eigenvalue weighted by Gasteiger charge is 2.28. The van der Waals surface area contributed by atoms with Crippen LogP contribution in [0.1, 0.15) is 27.8 Å². The molecule has 0 spiro atoms. The van der Waals surface area contributed by atoms with E-state index in [9.17, 15) is 17.6 Å². The number of amides is 1. The first-order valence-corrected chi connectivity index (χ1v) is 11.8. The Kier molecular flexibility index (Phi) is 7.43. The predicted molar refractivity (Wildman–Crippen MR) is 123 cm³/mol. The fraction of sp³-hybridized carbons (Fsp3) is 0.240. The molecule has 0 aliphatic rings. The van der Waals surface area contributed by atoms with Crippen molar-refractivity contribution >= 4 is 15.9 Å². The molecule has 0 radical (unpaired) electrons. The van der Waals surface area contributed by atoms with E-state index in [1.165, 1.54) is 12.1 Å². The molecule has 32 heavy (non-hydrogen) atoms. The summed E-state index contributed by atoms with van der Waals surface area (Å²) in [7, 11) is -3.95. The number of carbonyl (C=O) groups is 1. The molecule has 168 valence electrons. The molecule has 0 aliphatic carbocycles. The van der Waals surface area contributed by atoms with Crippen molar-refractivity contribution in [2.75, 3.05) is 0 Å². The van der Waals surface area contributed by atoms with Crippen molar-refractivity contribution in [2.45, 2.75) is 44.7 Å². The summed E-state index contributed by atoms with van der Waals surface area (Å²) >= 11 is 0. The number of carbonyl (C=O) groups excluding carboxylic acids is 1. The maximum Gasteiger partial charge on any atom is 0.241 e. The third-order valence-corrected chi connectivity index (χ3v) is 6.93. The molecule has 0 aromatic heterocycles. The fourth-order valence-electron chi connectivity index (χ4n) is 3.79. The Labute approximate surface area is 188 Å². The average molecular weight is 455 g/mol. The van der Waals surface area contributed by atoms with Crippen LogP contribution in [0.5, 0.6) is 0 Å². The Morgan fingerprint density at radius 1 is 0.906 bits per heavy atom. The third kappa shape index (κ3) is 6.02. The lowest BCUT2D eigenvalue weighted by Gasteiger charge is -2.21. The first-order chi connectivity index (χ1) is 15.2. The van der Waals surface area contributed by atoms with Crippen LogP contribution >= 0.6 is 0 Å². The van der Waals surface area contributed by atoms with Gasteiger partial charge in [0.25, 0.3) is 0 Å². The summed E-state index contributed by atoms with van der Waals surface area (Å²) in [5, 5.41) is 2.76. The summed E-state index contributed by atoms with van der Waals surface area (Å²) in [5.41, 5.74) is 3.76. The van der Waals surface area contributed by atoms with Gasteiger partial charge in [0.1, 0.15) is 11.9 Å². The second kappa shape index (κ2) is 10.1. The number of hydrogen-bond acceptors (Lipinski definition) is 3. The smallest absolute Gasteiger partial charge is 0.241 e. The van der Waals surface area contributed by atoms with Crippen molar-refractivity contribution in [3.63, 3.8) is 0 Å². The monoisotopic (exact) mass is 454 g/mol. The molecule has 3 aromatic rings. The molecule has 0 saturated carbocycles. The summed E-state index contributed by atoms with van der Waals surface area (Å²) in [6.07, 6.45) is 0.194. The minimum atomic E-state index is -3.95. The second-order valence-corrected chi connectivity index (χ2v) is 9.59. The molecule has 0 saturated heterocycles. The highest BCUT2D eigenvalue weighted by atomic mass is 32.2. The maximum absolute atomic E-state index is 13.3. The normalized spacial score (nSPS) is 12.4. The van der Waals surface area contributed by atoms with Crippen molar-refractivity contribution in [1.82, 2.24) is 10.0 Å². The van der Waals surface area contributed by atoms with Crippen LogP contribution in [0, 0.1) is 26.6 Å². The molecule has 3 aromatic carbocycles. The highest BCUT2D eigenvalue weighted by molar-refractivity contribution is 7.89. The van der Waals surface area contributed by atoms with E-state index in [1.807, 2.05) is 49.4 Å². The van der Waals surface area contributed by atoms with Crippen LogP contribution in [-0.2, 0) is 27.8 Å². The van der Waals surface area contributed by atoms with Gasteiger partial charge in [0.15, 0.2) is 0 Å². The van der Waals surface area contributed by atoms with Gasteiger partial charge < -0.3 is 5.32 Å². The number of sulfonamides is 1. The standard InChI is InChI=1S/C25H27FN2O3S/c1-17-13-18(2)24(19(3)14-17)32(30,31)28-23(15-20-7-5-4-6-8-20)25(29)27-16-21-9-11-22(26)12-10-21/h4-14,23,28H,15-16H2,1-3H3,(H,27,29)/t23-/m1/s1. The molecular formula is C25H27FN2O3S. The number of hydrogen-bond donors (Lipinski definition) is 2. The summed E-state index contributed by atoms with van der Waals surface area (Å²) in [4.78, 5) is 13.2. The predicted octanol–water partition coefficient (Wildman–Crippen LogP) is 3.96. The number of halogens is 1. The summed E-state index contributed by atoms with van der Waals surface area (Å²) in [6, 6.07) is 17.6. The molecule has 0 unspecified atom stereocenters. The van der Waals surface area contributed by atoms with Crippen molar-refractivity contribution in [2.24, 2.45) is 0 Å². The van der Waals surface area contributed by atoms with Crippen molar-refractivity contribution in [1.29, 1.82) is 0 Å². The molecule has 0 bridgehead atoms. The van der Waals surface area contributed by atoms with E-state index < -0.39 is 22.0 Å². The molecule has 3 rings (SSSR count). The van der Waals surface area contributed by atoms with Gasteiger partial charge in [0.2, 0.25) is 15.9 Å². The first kappa shape index (κ1) is 23.6. The molecule has 0 heterocycles. The number of nitrogens with one attached hydrogen (secondary N) is 2. The van der Waals surface area contributed by atoms with Crippen molar-refractivity contribution < 1.29 is 17.6 Å². The van der Waals surface area contributed by atoms with E-state index in [4.69, 9.17) is 0 Å². The second-order valence-electron chi connectivity index (χ2n) is 7.94. The average Bonchev–Trinajstić information content (AvgIpc) is 2.72. The van der Waals surface area contributed by atoms with Crippen molar-refractivity contribution in [3.05, 3.63) is 100 Å². The lowest BCUT2D eigenvalue weighted by Crippen LogP contribution is -2.48. The van der Waals surface area contributed by atoms with Crippen LogP contribution in [0.3, 0.4) is 0 Å². The van der Waals surface area contributed by atoms with E-state index in [1.54, 1.807) is 26.0 Å². The van der Waals surface area contributed by atoms with Gasteiger partial charge in [0, 0.05) is 6.54 Å². The maximum atomic E-state index is 13.3. The zero-order chi connectivity index (χ0) is 23.3. The van der Waals surface area contributed by atoms with E-state index in [0.717, 1.165) is 11.1 Å². The lowest BCUT2D eigenvalue weighted by molar-refractivity contribution is -0.122. The van der Waals surface area contributed by atoms with Gasteiger partial charge >= 0.3 is 0 Å². The Balaban J connectivity index is 1.85. The largest absolute Gasteiger partial charge is 0.351 e. The fourth-order valence-corrected chi connectivity index (χ4v) is 5.44. The number of benzene rings is 3. The SMILES string of the molecule is Cc1cc(C)c(S(=O)(=O)N[C@H](Cc2ccccc2)C(=O)NCc2ccc(F)cc2)c(C)c1. The van der Waals surface area contributed by atoms with Gasteiger partial charge in [0.05, 0.1) is 4.90 Å². The van der Waals surface area contributed by atoms with Crippen LogP contribution in [0.15, 0.2) is 71.6 Å². The molecule has 1 amide bonds. The van der Waals surface area contributed by atoms with Gasteiger partial charge in [-0.15, -0.1) is 0 Å². The molecule has 0 aliphatic heterocycles. The summed E-state index contributed by atoms with van der Waals surface area (Å²) in [5.74, 6) is -0.817. The van der Waals surface area contributed by atoms with E-state index in [-0.39, 0.29) is 23.7 Å². The number of aryl methyl sites for hydroxylation is 3. The lowest BCUT2D eigenvalue weighted by atomic mass is 10.1. The van der Waals surface area contributed by atoms with Gasteiger partial charge in [-0.05, 0) is 61.6 Å². The Morgan fingerprint density at radius 3 is 2.09 bits per heavy atom. The van der Waals surface area contributed by atoms with E-state index in [0.29, 0.717) is 16.7 Å². The van der Waals surface area contributed by atoms with Gasteiger partial charge in [-0.3, -0.25) is 4.79 Å². The Hall–Kier alpha value is -3.03. The summed E-state index contributed by atoms with van der Waals surface area (Å²) in [6.45, 7) is 5.56. The topological polar surface area (TPSA) is 75.3 Å². The zero-order valence-electron chi connectivity index (χ0n) is 18.4. The molecule has 1 atom stereocenters. The van der Waals surface area contributed by atoms with Crippen LogP contribution in [0.4, 0.5) is 4.39 Å². The quantitative estimate of drug-likeness (QED) is 0.541. The molecule has 5 nitrogen and oxygen atoms in total. The minimum absolute atomic E-state index is 0.161. The van der Waals surface area contributed by atoms with Crippen molar-refractivity contribution in [3.8, 4) is 0 Å². The summed E-state index contributed by atoms with van der Waals surface area (Å²) < 4.78 is 42.3. The Morgan fingerprint density at radius 2 is 1.50 bits per heavy atom. The van der Waals surface area contributed by atoms with Gasteiger partial charge in [-0.1, -0.05) is 60.2 Å². The molecule has 0 fully saturated rings. The zero-order valence-corrected chi connectivity index (χ0v) is 19.2. The minimum Gasteiger partial charge on any atom is -0.351 e. The highest BCUT2D eigenvalue weighted by Crippen LogP contribution is 2.22. The van der Waals surface area contributed by atoms with E-state index in [2.05, 4.69) is 10.0 Å². The van der Waals surface area contributed by atoms with Crippen LogP contribution < -0.4 is 10.0 Å². The third-order valence-electron chi connectivity index (χ3n) is 5.15. The van der Waals surface area contributed by atoms with E-state index >= 15 is 0 Å². The van der Waals surface area contributed by atoms with Crippen LogP contribution in [-0.4, -0.2) is 20.4 Å².